The predicted octanol–water partition coefficient (Wildman–Crippen LogP) is 2.05. The number of benzene rings is 1. The van der Waals surface area contributed by atoms with Crippen LogP contribution in [-0.2, 0) is 6.42 Å². The van der Waals surface area contributed by atoms with Crippen molar-refractivity contribution in [2.75, 3.05) is 13.8 Å². The van der Waals surface area contributed by atoms with Crippen molar-refractivity contribution in [3.63, 3.8) is 0 Å². The first-order valence-electron chi connectivity index (χ1n) is 4.60. The van der Waals surface area contributed by atoms with Crippen LogP contribution in [0.3, 0.4) is 0 Å². The second-order valence-corrected chi connectivity index (χ2v) is 3.32. The smallest absolute Gasteiger partial charge is 0.231 e. The molecule has 3 heteroatoms. The molecule has 0 aromatic heterocycles. The average molecular weight is 191 g/mol. The fourth-order valence-electron chi connectivity index (χ4n) is 1.43. The van der Waals surface area contributed by atoms with Crippen molar-refractivity contribution in [2.45, 2.75) is 13.3 Å². The van der Waals surface area contributed by atoms with Crippen LogP contribution in [0.2, 0.25) is 0 Å². The van der Waals surface area contributed by atoms with Crippen LogP contribution in [0.4, 0.5) is 0 Å². The molecule has 0 radical (unpaired) electrons. The molecule has 0 fully saturated rings. The molecule has 0 bridgehead atoms. The van der Waals surface area contributed by atoms with Gasteiger partial charge in [-0.1, -0.05) is 6.07 Å². The molecule has 0 spiro atoms. The lowest BCUT2D eigenvalue weighted by Crippen LogP contribution is -1.96. The highest BCUT2D eigenvalue weighted by molar-refractivity contribution is 5.84. The Morgan fingerprint density at radius 3 is 2.93 bits per heavy atom. The monoisotopic (exact) mass is 191 g/mol. The van der Waals surface area contributed by atoms with Crippen molar-refractivity contribution >= 4 is 5.71 Å². The Labute approximate surface area is 83.4 Å². The van der Waals surface area contributed by atoms with Crippen LogP contribution in [0.25, 0.3) is 0 Å². The van der Waals surface area contributed by atoms with Gasteiger partial charge in [-0.2, -0.15) is 0 Å². The van der Waals surface area contributed by atoms with E-state index in [0.717, 1.165) is 23.6 Å². The van der Waals surface area contributed by atoms with Gasteiger partial charge in [-0.05, 0) is 24.6 Å². The molecule has 74 valence electrons. The minimum atomic E-state index is 0.333. The van der Waals surface area contributed by atoms with Crippen molar-refractivity contribution in [1.82, 2.24) is 0 Å². The van der Waals surface area contributed by atoms with Crippen LogP contribution in [0, 0.1) is 0 Å². The van der Waals surface area contributed by atoms with E-state index in [2.05, 4.69) is 4.99 Å². The third-order valence-corrected chi connectivity index (χ3v) is 2.28. The molecule has 1 heterocycles. The fourth-order valence-corrected chi connectivity index (χ4v) is 1.43. The van der Waals surface area contributed by atoms with Crippen LogP contribution in [0.5, 0.6) is 11.5 Å². The Balaban J connectivity index is 2.21. The van der Waals surface area contributed by atoms with Gasteiger partial charge in [0.1, 0.15) is 0 Å². The molecule has 2 rings (SSSR count). The van der Waals surface area contributed by atoms with E-state index in [4.69, 9.17) is 9.47 Å². The number of nitrogens with zero attached hydrogens (tertiary/aromatic N) is 1. The quantitative estimate of drug-likeness (QED) is 0.670. The molecule has 0 unspecified atom stereocenters. The second-order valence-electron chi connectivity index (χ2n) is 3.32. The van der Waals surface area contributed by atoms with Gasteiger partial charge in [0.15, 0.2) is 11.5 Å². The maximum Gasteiger partial charge on any atom is 0.231 e. The summed E-state index contributed by atoms with van der Waals surface area (Å²) < 4.78 is 10.5. The molecule has 0 atom stereocenters. The molecular weight excluding hydrogens is 178 g/mol. The Kier molecular flexibility index (Phi) is 2.39. The molecule has 0 saturated heterocycles. The van der Waals surface area contributed by atoms with Crippen molar-refractivity contribution in [3.05, 3.63) is 23.8 Å². The normalized spacial score (nSPS) is 14.6. The van der Waals surface area contributed by atoms with E-state index in [1.54, 1.807) is 0 Å². The molecule has 14 heavy (non-hydrogen) atoms. The highest BCUT2D eigenvalue weighted by atomic mass is 16.7. The summed E-state index contributed by atoms with van der Waals surface area (Å²) in [4.78, 5) is 4.12. The minimum Gasteiger partial charge on any atom is -0.454 e. The highest BCUT2D eigenvalue weighted by Crippen LogP contribution is 2.32. The van der Waals surface area contributed by atoms with Gasteiger partial charge in [-0.3, -0.25) is 4.99 Å². The molecule has 1 aromatic carbocycles. The van der Waals surface area contributed by atoms with Gasteiger partial charge in [0.05, 0.1) is 0 Å². The maximum atomic E-state index is 5.29. The molecular formula is C11H13NO2. The van der Waals surface area contributed by atoms with Gasteiger partial charge in [-0.25, -0.2) is 0 Å². The summed E-state index contributed by atoms with van der Waals surface area (Å²) in [6, 6.07) is 6.00. The average Bonchev–Trinajstić information content (AvgIpc) is 2.64. The maximum absolute atomic E-state index is 5.29. The minimum absolute atomic E-state index is 0.333. The van der Waals surface area contributed by atoms with Crippen molar-refractivity contribution in [1.29, 1.82) is 0 Å². The Morgan fingerprint density at radius 1 is 1.36 bits per heavy atom. The zero-order valence-corrected chi connectivity index (χ0v) is 8.41. The molecule has 1 aliphatic rings. The van der Waals surface area contributed by atoms with E-state index < -0.39 is 0 Å². The molecule has 0 aliphatic carbocycles. The van der Waals surface area contributed by atoms with E-state index >= 15 is 0 Å². The van der Waals surface area contributed by atoms with Crippen molar-refractivity contribution in [3.8, 4) is 11.5 Å². The number of hydrogen-bond acceptors (Lipinski definition) is 3. The lowest BCUT2D eigenvalue weighted by atomic mass is 10.1. The summed E-state index contributed by atoms with van der Waals surface area (Å²) in [5, 5.41) is 0. The summed E-state index contributed by atoms with van der Waals surface area (Å²) in [5.41, 5.74) is 2.32. The van der Waals surface area contributed by atoms with E-state index in [-0.39, 0.29) is 0 Å². The summed E-state index contributed by atoms with van der Waals surface area (Å²) >= 11 is 0. The van der Waals surface area contributed by atoms with Gasteiger partial charge in [-0.15, -0.1) is 0 Å². The lowest BCUT2D eigenvalue weighted by Gasteiger charge is -2.02. The van der Waals surface area contributed by atoms with Crippen LogP contribution < -0.4 is 9.47 Å². The van der Waals surface area contributed by atoms with Gasteiger partial charge in [0, 0.05) is 19.2 Å². The number of rotatable bonds is 2. The Hall–Kier alpha value is -1.51. The highest BCUT2D eigenvalue weighted by Gasteiger charge is 2.12. The number of fused-ring (bicyclic) bond motifs is 1. The van der Waals surface area contributed by atoms with Crippen LogP contribution in [-0.4, -0.2) is 19.6 Å². The van der Waals surface area contributed by atoms with Gasteiger partial charge in [0.2, 0.25) is 6.79 Å². The van der Waals surface area contributed by atoms with Crippen molar-refractivity contribution < 1.29 is 9.47 Å². The second kappa shape index (κ2) is 3.70. The third kappa shape index (κ3) is 1.71. The molecule has 0 amide bonds. The largest absolute Gasteiger partial charge is 0.454 e. The molecule has 0 N–H and O–H groups in total. The van der Waals surface area contributed by atoms with Crippen LogP contribution in [0.15, 0.2) is 23.2 Å². The first kappa shape index (κ1) is 9.06. The topological polar surface area (TPSA) is 30.8 Å². The first-order valence-corrected chi connectivity index (χ1v) is 4.60. The number of hydrogen-bond donors (Lipinski definition) is 0. The SMILES string of the molecule is C/N=C(\C)Cc1ccc2c(c1)OCO2. The lowest BCUT2D eigenvalue weighted by molar-refractivity contribution is 0.174. The van der Waals surface area contributed by atoms with E-state index in [1.807, 2.05) is 32.2 Å². The van der Waals surface area contributed by atoms with Gasteiger partial charge < -0.3 is 9.47 Å². The van der Waals surface area contributed by atoms with Crippen LogP contribution in [0.1, 0.15) is 12.5 Å². The summed E-state index contributed by atoms with van der Waals surface area (Å²) in [6.45, 7) is 2.35. The number of aliphatic imine (C=N–C) groups is 1. The van der Waals surface area contributed by atoms with Gasteiger partial charge >= 0.3 is 0 Å². The Bertz CT molecular complexity index is 372. The van der Waals surface area contributed by atoms with E-state index in [1.165, 1.54) is 5.56 Å². The van der Waals surface area contributed by atoms with E-state index in [9.17, 15) is 0 Å². The third-order valence-electron chi connectivity index (χ3n) is 2.28. The molecule has 3 nitrogen and oxygen atoms in total. The van der Waals surface area contributed by atoms with Crippen molar-refractivity contribution in [2.24, 2.45) is 4.99 Å². The van der Waals surface area contributed by atoms with E-state index in [0.29, 0.717) is 6.79 Å². The summed E-state index contributed by atoms with van der Waals surface area (Å²) in [5.74, 6) is 1.67. The summed E-state index contributed by atoms with van der Waals surface area (Å²) in [6.07, 6.45) is 0.868. The molecule has 1 aromatic rings. The zero-order valence-electron chi connectivity index (χ0n) is 8.41. The standard InChI is InChI=1S/C11H13NO2/c1-8(12-2)5-9-3-4-10-11(6-9)14-7-13-10/h3-4,6H,5,7H2,1-2H3/b12-8+. The van der Waals surface area contributed by atoms with Crippen LogP contribution >= 0.6 is 0 Å². The fraction of sp³-hybridized carbons (Fsp3) is 0.364. The molecule has 1 aliphatic heterocycles. The number of ether oxygens (including phenoxy) is 2. The first-order chi connectivity index (χ1) is 6.79. The summed E-state index contributed by atoms with van der Waals surface area (Å²) in [7, 11) is 1.81. The van der Waals surface area contributed by atoms with Gasteiger partial charge in [0.25, 0.3) is 0 Å². The Morgan fingerprint density at radius 2 is 2.14 bits per heavy atom. The predicted molar refractivity (Wildman–Crippen MR) is 55.3 cm³/mol. The molecule has 0 saturated carbocycles. The zero-order chi connectivity index (χ0) is 9.97.